The van der Waals surface area contributed by atoms with Gasteiger partial charge in [-0.3, -0.25) is 9.48 Å². The van der Waals surface area contributed by atoms with E-state index in [4.69, 9.17) is 4.98 Å². The van der Waals surface area contributed by atoms with Crippen molar-refractivity contribution >= 4 is 32.6 Å². The summed E-state index contributed by atoms with van der Waals surface area (Å²) in [7, 11) is 0. The molecule has 0 atom stereocenters. The number of nitrogens with zero attached hydrogens (tertiary/aromatic N) is 5. The number of aromatic nitrogens is 3. The minimum atomic E-state index is 0.136. The Kier molecular flexibility index (Phi) is 4.63. The molecule has 1 saturated heterocycles. The van der Waals surface area contributed by atoms with Gasteiger partial charge in [-0.25, -0.2) is 4.98 Å². The number of rotatable bonds is 3. The second kappa shape index (κ2) is 6.96. The largest absolute Gasteiger partial charge is 0.345 e. The first-order valence-corrected chi connectivity index (χ1v) is 10.1. The van der Waals surface area contributed by atoms with Crippen molar-refractivity contribution in [2.45, 2.75) is 34.2 Å². The first kappa shape index (κ1) is 18.0. The smallest absolute Gasteiger partial charge is 0.244 e. The van der Waals surface area contributed by atoms with Crippen LogP contribution < -0.4 is 4.90 Å². The molecule has 6 nitrogen and oxygen atoms in total. The van der Waals surface area contributed by atoms with Crippen molar-refractivity contribution in [3.63, 3.8) is 0 Å². The van der Waals surface area contributed by atoms with E-state index < -0.39 is 0 Å². The molecular weight excluding hydrogens is 358 g/mol. The van der Waals surface area contributed by atoms with Gasteiger partial charge in [0.05, 0.1) is 15.9 Å². The van der Waals surface area contributed by atoms with E-state index >= 15 is 0 Å². The highest BCUT2D eigenvalue weighted by molar-refractivity contribution is 7.22. The third-order valence-electron chi connectivity index (χ3n) is 5.36. The molecule has 142 valence electrons. The summed E-state index contributed by atoms with van der Waals surface area (Å²) in [6.45, 7) is 11.6. The number of carbonyl (C=O) groups is 1. The molecule has 1 aliphatic rings. The first-order valence-electron chi connectivity index (χ1n) is 9.33. The van der Waals surface area contributed by atoms with Crippen molar-refractivity contribution in [2.24, 2.45) is 0 Å². The molecule has 3 heterocycles. The number of fused-ring (bicyclic) bond motifs is 1. The van der Waals surface area contributed by atoms with Gasteiger partial charge in [0.15, 0.2) is 5.13 Å². The molecule has 1 fully saturated rings. The molecule has 0 saturated carbocycles. The zero-order valence-electron chi connectivity index (χ0n) is 16.3. The van der Waals surface area contributed by atoms with E-state index in [0.29, 0.717) is 6.54 Å². The number of aryl methyl sites for hydroxylation is 4. The first-order chi connectivity index (χ1) is 12.9. The van der Waals surface area contributed by atoms with Crippen LogP contribution in [0.15, 0.2) is 18.2 Å². The van der Waals surface area contributed by atoms with Crippen molar-refractivity contribution in [2.75, 3.05) is 31.1 Å². The molecule has 4 rings (SSSR count). The second-order valence-corrected chi connectivity index (χ2v) is 8.31. The molecule has 0 bridgehead atoms. The van der Waals surface area contributed by atoms with Crippen LogP contribution in [0.2, 0.25) is 0 Å². The van der Waals surface area contributed by atoms with E-state index in [1.165, 1.54) is 15.8 Å². The number of hydrogen-bond donors (Lipinski definition) is 0. The number of carbonyl (C=O) groups excluding carboxylic acids is 1. The number of hydrogen-bond acceptors (Lipinski definition) is 5. The highest BCUT2D eigenvalue weighted by Crippen LogP contribution is 2.32. The summed E-state index contributed by atoms with van der Waals surface area (Å²) < 4.78 is 3.03. The fourth-order valence-electron chi connectivity index (χ4n) is 3.56. The molecule has 3 aromatic rings. The van der Waals surface area contributed by atoms with Crippen LogP contribution in [-0.2, 0) is 11.3 Å². The Morgan fingerprint density at radius 1 is 1.11 bits per heavy atom. The van der Waals surface area contributed by atoms with Crippen molar-refractivity contribution in [1.29, 1.82) is 0 Å². The predicted octanol–water partition coefficient (Wildman–Crippen LogP) is 3.08. The average molecular weight is 384 g/mol. The maximum Gasteiger partial charge on any atom is 0.244 e. The highest BCUT2D eigenvalue weighted by Gasteiger charge is 2.24. The van der Waals surface area contributed by atoms with Crippen LogP contribution in [0.1, 0.15) is 22.5 Å². The Morgan fingerprint density at radius 2 is 1.85 bits per heavy atom. The lowest BCUT2D eigenvalue weighted by Gasteiger charge is -2.34. The van der Waals surface area contributed by atoms with Gasteiger partial charge in [-0.1, -0.05) is 17.4 Å². The molecule has 0 radical (unpaired) electrons. The summed E-state index contributed by atoms with van der Waals surface area (Å²) in [5, 5.41) is 5.46. The lowest BCUT2D eigenvalue weighted by atomic mass is 10.1. The summed E-state index contributed by atoms with van der Waals surface area (Å²) in [5.74, 6) is 0.136. The molecule has 0 aliphatic carbocycles. The average Bonchev–Trinajstić information content (AvgIpc) is 3.22. The predicted molar refractivity (Wildman–Crippen MR) is 110 cm³/mol. The molecular formula is C20H25N5OS. The number of amides is 1. The fourth-order valence-corrected chi connectivity index (χ4v) is 4.64. The standard InChI is InChI=1S/C20H25N5OS/c1-13-5-6-17-19(16(13)4)21-20(27-17)24-9-7-23(8-10-24)18(26)12-25-15(3)11-14(2)22-25/h5-6,11H,7-10,12H2,1-4H3. The Labute approximate surface area is 163 Å². The van der Waals surface area contributed by atoms with Crippen molar-refractivity contribution in [3.05, 3.63) is 40.7 Å². The number of anilines is 1. The number of piperazine rings is 1. The third-order valence-corrected chi connectivity index (χ3v) is 6.45. The summed E-state index contributed by atoms with van der Waals surface area (Å²) in [6.07, 6.45) is 0. The van der Waals surface area contributed by atoms with Crippen molar-refractivity contribution in [3.8, 4) is 0 Å². The Balaban J connectivity index is 1.42. The van der Waals surface area contributed by atoms with Gasteiger partial charge in [0.25, 0.3) is 0 Å². The topological polar surface area (TPSA) is 54.3 Å². The van der Waals surface area contributed by atoms with Crippen LogP contribution in [0.4, 0.5) is 5.13 Å². The second-order valence-electron chi connectivity index (χ2n) is 7.30. The van der Waals surface area contributed by atoms with E-state index in [1.54, 1.807) is 16.0 Å². The Morgan fingerprint density at radius 3 is 2.52 bits per heavy atom. The SMILES string of the molecule is Cc1cc(C)n(CC(=O)N2CCN(c3nc4c(C)c(C)ccc4s3)CC2)n1. The van der Waals surface area contributed by atoms with Gasteiger partial charge in [-0.05, 0) is 51.0 Å². The van der Waals surface area contributed by atoms with Crippen LogP contribution in [0, 0.1) is 27.7 Å². The molecule has 1 aromatic carbocycles. The lowest BCUT2D eigenvalue weighted by Crippen LogP contribution is -2.49. The van der Waals surface area contributed by atoms with Crippen molar-refractivity contribution < 1.29 is 4.79 Å². The summed E-state index contributed by atoms with van der Waals surface area (Å²) in [4.78, 5) is 21.7. The van der Waals surface area contributed by atoms with Gasteiger partial charge in [0, 0.05) is 31.9 Å². The zero-order valence-corrected chi connectivity index (χ0v) is 17.1. The van der Waals surface area contributed by atoms with E-state index in [9.17, 15) is 4.79 Å². The highest BCUT2D eigenvalue weighted by atomic mass is 32.1. The van der Waals surface area contributed by atoms with E-state index in [0.717, 1.165) is 48.2 Å². The van der Waals surface area contributed by atoms with E-state index in [2.05, 4.69) is 36.0 Å². The molecule has 27 heavy (non-hydrogen) atoms. The molecule has 0 unspecified atom stereocenters. The van der Waals surface area contributed by atoms with Crippen LogP contribution in [0.3, 0.4) is 0 Å². The lowest BCUT2D eigenvalue weighted by molar-refractivity contribution is -0.132. The number of thiazole rings is 1. The summed E-state index contributed by atoms with van der Waals surface area (Å²) in [5.41, 5.74) is 5.62. The maximum atomic E-state index is 12.6. The van der Waals surface area contributed by atoms with E-state index in [1.807, 2.05) is 24.8 Å². The monoisotopic (exact) mass is 383 g/mol. The van der Waals surface area contributed by atoms with Gasteiger partial charge in [-0.15, -0.1) is 0 Å². The van der Waals surface area contributed by atoms with Gasteiger partial charge in [0.2, 0.25) is 5.91 Å². The molecule has 0 spiro atoms. The van der Waals surface area contributed by atoms with Crippen LogP contribution in [0.5, 0.6) is 0 Å². The Bertz CT molecular complexity index is 997. The molecule has 1 amide bonds. The summed E-state index contributed by atoms with van der Waals surface area (Å²) in [6, 6.07) is 6.32. The maximum absolute atomic E-state index is 12.6. The molecule has 0 N–H and O–H groups in total. The Hall–Kier alpha value is -2.41. The quantitative estimate of drug-likeness (QED) is 0.697. The van der Waals surface area contributed by atoms with Crippen LogP contribution in [-0.4, -0.2) is 51.8 Å². The summed E-state index contributed by atoms with van der Waals surface area (Å²) >= 11 is 1.74. The van der Waals surface area contributed by atoms with Crippen LogP contribution in [0.25, 0.3) is 10.2 Å². The van der Waals surface area contributed by atoms with Crippen molar-refractivity contribution in [1.82, 2.24) is 19.7 Å². The zero-order chi connectivity index (χ0) is 19.1. The van der Waals surface area contributed by atoms with Gasteiger partial charge in [-0.2, -0.15) is 5.10 Å². The van der Waals surface area contributed by atoms with Gasteiger partial charge >= 0.3 is 0 Å². The fraction of sp³-hybridized carbons (Fsp3) is 0.450. The van der Waals surface area contributed by atoms with Gasteiger partial charge in [0.1, 0.15) is 6.54 Å². The normalized spacial score (nSPS) is 15.0. The van der Waals surface area contributed by atoms with E-state index in [-0.39, 0.29) is 5.91 Å². The third kappa shape index (κ3) is 3.43. The molecule has 2 aromatic heterocycles. The minimum Gasteiger partial charge on any atom is -0.345 e. The molecule has 7 heteroatoms. The van der Waals surface area contributed by atoms with Gasteiger partial charge < -0.3 is 9.80 Å². The molecule has 1 aliphatic heterocycles. The number of benzene rings is 1. The van der Waals surface area contributed by atoms with Crippen LogP contribution >= 0.6 is 11.3 Å². The minimum absolute atomic E-state index is 0.136.